The van der Waals surface area contributed by atoms with Crippen molar-refractivity contribution in [3.63, 3.8) is 0 Å². The number of aldehydes is 1. The molecule has 1 aromatic heterocycles. The van der Waals surface area contributed by atoms with Crippen molar-refractivity contribution >= 4 is 28.2 Å². The third-order valence-corrected chi connectivity index (χ3v) is 3.38. The molecule has 0 aliphatic rings. The number of carbonyl (C=O) groups is 2. The van der Waals surface area contributed by atoms with E-state index >= 15 is 0 Å². The zero-order valence-electron chi connectivity index (χ0n) is 11.7. The minimum Gasteiger partial charge on any atom is -0.490 e. The molecule has 22 heavy (non-hydrogen) atoms. The van der Waals surface area contributed by atoms with Gasteiger partial charge in [0.15, 0.2) is 17.3 Å². The molecule has 0 aliphatic heterocycles. The highest BCUT2D eigenvalue weighted by Crippen LogP contribution is 2.37. The predicted molar refractivity (Wildman–Crippen MR) is 80.7 cm³/mol. The first-order chi connectivity index (χ1) is 10.6. The minimum absolute atomic E-state index is 0.0404. The fraction of sp³-hybridized carbons (Fsp3) is 0.200. The molecule has 7 heteroatoms. The maximum atomic E-state index is 11.0. The normalized spacial score (nSPS) is 10.3. The summed E-state index contributed by atoms with van der Waals surface area (Å²) in [5.74, 6) is -0.128. The average molecular weight is 369 g/mol. The number of carbonyl (C=O) groups excluding carboxylic acids is 1. The Hall–Kier alpha value is -2.28. The van der Waals surface area contributed by atoms with E-state index < -0.39 is 5.97 Å². The summed E-state index contributed by atoms with van der Waals surface area (Å²) in [6.45, 7) is 2.13. The molecule has 2 aromatic rings. The summed E-state index contributed by atoms with van der Waals surface area (Å²) < 4.78 is 16.7. The van der Waals surface area contributed by atoms with Crippen LogP contribution in [0.1, 0.15) is 33.4 Å². The Labute approximate surface area is 134 Å². The van der Waals surface area contributed by atoms with Crippen molar-refractivity contribution in [2.75, 3.05) is 6.61 Å². The van der Waals surface area contributed by atoms with Crippen LogP contribution in [0.25, 0.3) is 0 Å². The van der Waals surface area contributed by atoms with Crippen LogP contribution in [0.15, 0.2) is 33.4 Å². The smallest absolute Gasteiger partial charge is 0.339 e. The van der Waals surface area contributed by atoms with E-state index in [-0.39, 0.29) is 17.9 Å². The summed E-state index contributed by atoms with van der Waals surface area (Å²) >= 11 is 3.31. The lowest BCUT2D eigenvalue weighted by molar-refractivity contribution is 0.0691. The van der Waals surface area contributed by atoms with Crippen molar-refractivity contribution in [3.05, 3.63) is 45.8 Å². The number of ether oxygens (including phenoxy) is 2. The predicted octanol–water partition coefficient (Wildman–Crippen LogP) is 3.53. The van der Waals surface area contributed by atoms with Gasteiger partial charge >= 0.3 is 5.97 Å². The lowest BCUT2D eigenvalue weighted by Gasteiger charge is -2.13. The number of hydrogen-bond acceptors (Lipinski definition) is 5. The van der Waals surface area contributed by atoms with Gasteiger partial charge in [-0.1, -0.05) is 0 Å². The van der Waals surface area contributed by atoms with Crippen molar-refractivity contribution in [1.82, 2.24) is 0 Å². The Morgan fingerprint density at radius 3 is 2.82 bits per heavy atom. The minimum atomic E-state index is -1.09. The molecule has 0 saturated heterocycles. The lowest BCUT2D eigenvalue weighted by atomic mass is 10.2. The molecule has 0 fully saturated rings. The van der Waals surface area contributed by atoms with Gasteiger partial charge in [-0.05, 0) is 41.1 Å². The number of aromatic carboxylic acids is 1. The Balaban J connectivity index is 2.26. The number of rotatable bonds is 7. The fourth-order valence-corrected chi connectivity index (χ4v) is 2.41. The number of halogens is 1. The molecule has 0 atom stereocenters. The van der Waals surface area contributed by atoms with Crippen molar-refractivity contribution < 1.29 is 28.6 Å². The number of furan rings is 1. The Morgan fingerprint density at radius 1 is 1.41 bits per heavy atom. The quantitative estimate of drug-likeness (QED) is 0.752. The van der Waals surface area contributed by atoms with Crippen LogP contribution in [0.3, 0.4) is 0 Å². The molecule has 0 unspecified atom stereocenters. The standard InChI is InChI=1S/C15H13BrO6/c1-2-20-12-6-9(7-17)5-11(16)14(12)22-8-13-10(15(18)19)3-4-21-13/h3-7H,2,8H2,1H3,(H,18,19). The van der Waals surface area contributed by atoms with Crippen molar-refractivity contribution in [2.45, 2.75) is 13.5 Å². The first kappa shape index (κ1) is 16.1. The Kier molecular flexibility index (Phi) is 5.21. The van der Waals surface area contributed by atoms with Gasteiger partial charge in [-0.3, -0.25) is 4.79 Å². The molecule has 0 radical (unpaired) electrons. The molecule has 0 bridgehead atoms. The van der Waals surface area contributed by atoms with E-state index in [4.69, 9.17) is 19.0 Å². The van der Waals surface area contributed by atoms with E-state index in [1.807, 2.05) is 0 Å². The summed E-state index contributed by atoms with van der Waals surface area (Å²) in [5, 5.41) is 9.03. The Bertz CT molecular complexity index is 691. The monoisotopic (exact) mass is 368 g/mol. The lowest BCUT2D eigenvalue weighted by Crippen LogP contribution is -2.04. The van der Waals surface area contributed by atoms with Crippen molar-refractivity contribution in [1.29, 1.82) is 0 Å². The molecule has 116 valence electrons. The maximum absolute atomic E-state index is 11.0. The summed E-state index contributed by atoms with van der Waals surface area (Å²) in [5.41, 5.74) is 0.477. The fourth-order valence-electron chi connectivity index (χ4n) is 1.84. The molecular formula is C15H13BrO6. The number of carboxylic acid groups (broad SMARTS) is 1. The van der Waals surface area contributed by atoms with Crippen molar-refractivity contribution in [3.8, 4) is 11.5 Å². The second-order valence-electron chi connectivity index (χ2n) is 4.23. The van der Waals surface area contributed by atoms with Crippen LogP contribution < -0.4 is 9.47 Å². The second kappa shape index (κ2) is 7.13. The van der Waals surface area contributed by atoms with Gasteiger partial charge in [0.1, 0.15) is 18.5 Å². The van der Waals surface area contributed by atoms with Gasteiger partial charge in [0.05, 0.1) is 17.3 Å². The molecule has 1 N–H and O–H groups in total. The van der Waals surface area contributed by atoms with E-state index in [9.17, 15) is 9.59 Å². The molecule has 6 nitrogen and oxygen atoms in total. The van der Waals surface area contributed by atoms with Crippen LogP contribution in [0, 0.1) is 0 Å². The van der Waals surface area contributed by atoms with Crippen molar-refractivity contribution in [2.24, 2.45) is 0 Å². The van der Waals surface area contributed by atoms with Crippen LogP contribution in [-0.2, 0) is 6.61 Å². The number of benzene rings is 1. The van der Waals surface area contributed by atoms with E-state index in [1.165, 1.54) is 12.3 Å². The van der Waals surface area contributed by atoms with Gasteiger partial charge < -0.3 is 19.0 Å². The summed E-state index contributed by atoms with van der Waals surface area (Å²) in [6, 6.07) is 4.50. The topological polar surface area (TPSA) is 86.0 Å². The zero-order chi connectivity index (χ0) is 16.1. The molecule has 2 rings (SSSR count). The van der Waals surface area contributed by atoms with E-state index in [0.29, 0.717) is 34.4 Å². The van der Waals surface area contributed by atoms with Gasteiger partial charge in [0.2, 0.25) is 0 Å². The first-order valence-electron chi connectivity index (χ1n) is 6.40. The van der Waals surface area contributed by atoms with Crippen LogP contribution in [0.4, 0.5) is 0 Å². The zero-order valence-corrected chi connectivity index (χ0v) is 13.3. The number of hydrogen-bond donors (Lipinski definition) is 1. The van der Waals surface area contributed by atoms with Crippen LogP contribution in [-0.4, -0.2) is 24.0 Å². The molecule has 1 aromatic carbocycles. The highest BCUT2D eigenvalue weighted by molar-refractivity contribution is 9.10. The summed E-state index contributed by atoms with van der Waals surface area (Å²) in [4.78, 5) is 21.9. The highest BCUT2D eigenvalue weighted by Gasteiger charge is 2.17. The second-order valence-corrected chi connectivity index (χ2v) is 5.09. The van der Waals surface area contributed by atoms with Gasteiger partial charge in [-0.25, -0.2) is 4.79 Å². The molecule has 0 amide bonds. The third kappa shape index (κ3) is 3.48. The molecule has 0 spiro atoms. The van der Waals surface area contributed by atoms with E-state index in [1.54, 1.807) is 19.1 Å². The van der Waals surface area contributed by atoms with E-state index in [2.05, 4.69) is 15.9 Å². The van der Waals surface area contributed by atoms with Gasteiger partial charge in [-0.15, -0.1) is 0 Å². The van der Waals surface area contributed by atoms with Crippen LogP contribution >= 0.6 is 15.9 Å². The number of carboxylic acids is 1. The summed E-state index contributed by atoms with van der Waals surface area (Å²) in [6.07, 6.45) is 1.99. The Morgan fingerprint density at radius 2 is 2.18 bits per heavy atom. The van der Waals surface area contributed by atoms with Gasteiger partial charge in [0, 0.05) is 5.56 Å². The average Bonchev–Trinajstić information content (AvgIpc) is 2.95. The van der Waals surface area contributed by atoms with Gasteiger partial charge in [0.25, 0.3) is 0 Å². The maximum Gasteiger partial charge on any atom is 0.339 e. The van der Waals surface area contributed by atoms with Crippen LogP contribution in [0.5, 0.6) is 11.5 Å². The molecule has 0 saturated carbocycles. The summed E-state index contributed by atoms with van der Waals surface area (Å²) in [7, 11) is 0. The van der Waals surface area contributed by atoms with E-state index in [0.717, 1.165) is 0 Å². The SMILES string of the molecule is CCOc1cc(C=O)cc(Br)c1OCc1occc1C(=O)O. The molecular weight excluding hydrogens is 356 g/mol. The largest absolute Gasteiger partial charge is 0.490 e. The molecule has 1 heterocycles. The highest BCUT2D eigenvalue weighted by atomic mass is 79.9. The first-order valence-corrected chi connectivity index (χ1v) is 7.20. The molecule has 0 aliphatic carbocycles. The van der Waals surface area contributed by atoms with Crippen LogP contribution in [0.2, 0.25) is 0 Å². The van der Waals surface area contributed by atoms with Gasteiger partial charge in [-0.2, -0.15) is 0 Å². The third-order valence-electron chi connectivity index (χ3n) is 2.79.